The number of fused-ring (bicyclic) bond motifs is 1. The van der Waals surface area contributed by atoms with E-state index < -0.39 is 0 Å². The molecule has 1 N–H and O–H groups in total. The van der Waals surface area contributed by atoms with Crippen LogP contribution in [0.4, 0.5) is 5.69 Å². The monoisotopic (exact) mass is 283 g/mol. The Labute approximate surface area is 123 Å². The quantitative estimate of drug-likeness (QED) is 0.937. The lowest BCUT2D eigenvalue weighted by molar-refractivity contribution is 0.102. The summed E-state index contributed by atoms with van der Waals surface area (Å²) in [6, 6.07) is 11.3. The van der Waals surface area contributed by atoms with Crippen molar-refractivity contribution in [3.05, 3.63) is 53.1 Å². The van der Waals surface area contributed by atoms with Crippen LogP contribution in [0.5, 0.6) is 11.5 Å². The number of nitrogens with one attached hydrogen (secondary N) is 1. The third-order valence-corrected chi connectivity index (χ3v) is 3.59. The predicted molar refractivity (Wildman–Crippen MR) is 81.1 cm³/mol. The molecule has 0 aliphatic carbocycles. The number of ether oxygens (including phenoxy) is 2. The van der Waals surface area contributed by atoms with Crippen molar-refractivity contribution in [1.29, 1.82) is 0 Å². The van der Waals surface area contributed by atoms with E-state index in [4.69, 9.17) is 9.47 Å². The molecule has 1 amide bonds. The Balaban J connectivity index is 1.83. The van der Waals surface area contributed by atoms with Gasteiger partial charge in [0.15, 0.2) is 11.5 Å². The Kier molecular flexibility index (Phi) is 3.52. The number of aryl methyl sites for hydroxylation is 2. The van der Waals surface area contributed by atoms with Crippen molar-refractivity contribution in [3.63, 3.8) is 0 Å². The SMILES string of the molecule is CCc1ccc(C)c(NC(=O)c2ccc3c(c2)OCO3)c1. The first kappa shape index (κ1) is 13.5. The molecule has 0 radical (unpaired) electrons. The molecule has 1 aliphatic rings. The molecule has 3 rings (SSSR count). The number of carbonyl (C=O) groups excluding carboxylic acids is 1. The number of hydrogen-bond acceptors (Lipinski definition) is 3. The minimum atomic E-state index is -0.148. The fourth-order valence-electron chi connectivity index (χ4n) is 2.26. The maximum atomic E-state index is 12.4. The molecule has 0 saturated carbocycles. The molecule has 0 bridgehead atoms. The second-order valence-corrected chi connectivity index (χ2v) is 5.02. The highest BCUT2D eigenvalue weighted by Gasteiger charge is 2.16. The van der Waals surface area contributed by atoms with Crippen molar-refractivity contribution < 1.29 is 14.3 Å². The van der Waals surface area contributed by atoms with Gasteiger partial charge in [0.2, 0.25) is 6.79 Å². The van der Waals surface area contributed by atoms with Crippen LogP contribution in [0.15, 0.2) is 36.4 Å². The zero-order valence-electron chi connectivity index (χ0n) is 12.1. The first-order valence-electron chi connectivity index (χ1n) is 6.98. The first-order chi connectivity index (χ1) is 10.2. The third kappa shape index (κ3) is 2.70. The summed E-state index contributed by atoms with van der Waals surface area (Å²) >= 11 is 0. The number of anilines is 1. The van der Waals surface area contributed by atoms with E-state index in [2.05, 4.69) is 18.3 Å². The minimum Gasteiger partial charge on any atom is -0.454 e. The summed E-state index contributed by atoms with van der Waals surface area (Å²) in [6.45, 7) is 4.28. The summed E-state index contributed by atoms with van der Waals surface area (Å²) in [4.78, 5) is 12.4. The Morgan fingerprint density at radius 1 is 1.14 bits per heavy atom. The van der Waals surface area contributed by atoms with E-state index in [9.17, 15) is 4.79 Å². The number of benzene rings is 2. The largest absolute Gasteiger partial charge is 0.454 e. The lowest BCUT2D eigenvalue weighted by Crippen LogP contribution is -2.13. The summed E-state index contributed by atoms with van der Waals surface area (Å²) in [5.41, 5.74) is 3.64. The second kappa shape index (κ2) is 5.48. The van der Waals surface area contributed by atoms with E-state index >= 15 is 0 Å². The van der Waals surface area contributed by atoms with Crippen LogP contribution < -0.4 is 14.8 Å². The van der Waals surface area contributed by atoms with Gasteiger partial charge < -0.3 is 14.8 Å². The van der Waals surface area contributed by atoms with Crippen molar-refractivity contribution in [1.82, 2.24) is 0 Å². The summed E-state index contributed by atoms with van der Waals surface area (Å²) in [5, 5.41) is 2.96. The smallest absolute Gasteiger partial charge is 0.255 e. The molecule has 0 unspecified atom stereocenters. The number of amides is 1. The van der Waals surface area contributed by atoms with E-state index in [0.29, 0.717) is 17.1 Å². The molecule has 0 saturated heterocycles. The lowest BCUT2D eigenvalue weighted by atomic mass is 10.1. The zero-order chi connectivity index (χ0) is 14.8. The molecule has 0 spiro atoms. The van der Waals surface area contributed by atoms with Gasteiger partial charge in [-0.1, -0.05) is 19.1 Å². The van der Waals surface area contributed by atoms with Crippen LogP contribution in [0.25, 0.3) is 0 Å². The van der Waals surface area contributed by atoms with E-state index in [1.165, 1.54) is 5.56 Å². The molecule has 108 valence electrons. The fraction of sp³-hybridized carbons (Fsp3) is 0.235. The average Bonchev–Trinajstić information content (AvgIpc) is 2.96. The highest BCUT2D eigenvalue weighted by atomic mass is 16.7. The normalized spacial score (nSPS) is 12.3. The van der Waals surface area contributed by atoms with Gasteiger partial charge in [-0.15, -0.1) is 0 Å². The van der Waals surface area contributed by atoms with Crippen molar-refractivity contribution in [3.8, 4) is 11.5 Å². The predicted octanol–water partition coefficient (Wildman–Crippen LogP) is 3.54. The summed E-state index contributed by atoms with van der Waals surface area (Å²) in [7, 11) is 0. The van der Waals surface area contributed by atoms with Gasteiger partial charge in [-0.25, -0.2) is 0 Å². The Morgan fingerprint density at radius 2 is 1.95 bits per heavy atom. The van der Waals surface area contributed by atoms with Gasteiger partial charge in [-0.3, -0.25) is 4.79 Å². The Morgan fingerprint density at radius 3 is 2.76 bits per heavy atom. The molecular weight excluding hydrogens is 266 g/mol. The number of hydrogen-bond donors (Lipinski definition) is 1. The van der Waals surface area contributed by atoms with Gasteiger partial charge in [0.1, 0.15) is 0 Å². The average molecular weight is 283 g/mol. The van der Waals surface area contributed by atoms with Crippen LogP contribution in [-0.2, 0) is 6.42 Å². The molecule has 1 aliphatic heterocycles. The highest BCUT2D eigenvalue weighted by Crippen LogP contribution is 2.32. The standard InChI is InChI=1S/C17H17NO3/c1-3-12-5-4-11(2)14(8-12)18-17(19)13-6-7-15-16(9-13)21-10-20-15/h4-9H,3,10H2,1-2H3,(H,18,19). The maximum absolute atomic E-state index is 12.4. The molecule has 1 heterocycles. The maximum Gasteiger partial charge on any atom is 0.255 e. The van der Waals surface area contributed by atoms with Gasteiger partial charge in [0.05, 0.1) is 0 Å². The van der Waals surface area contributed by atoms with Gasteiger partial charge in [-0.2, -0.15) is 0 Å². The summed E-state index contributed by atoms with van der Waals surface area (Å²) in [5.74, 6) is 1.14. The Bertz CT molecular complexity index is 694. The van der Waals surface area contributed by atoms with Gasteiger partial charge in [-0.05, 0) is 48.7 Å². The molecular formula is C17H17NO3. The third-order valence-electron chi connectivity index (χ3n) is 3.59. The second-order valence-electron chi connectivity index (χ2n) is 5.02. The van der Waals surface area contributed by atoms with Crippen LogP contribution >= 0.6 is 0 Å². The molecule has 0 atom stereocenters. The van der Waals surface area contributed by atoms with E-state index in [1.807, 2.05) is 19.1 Å². The van der Waals surface area contributed by atoms with Crippen LogP contribution in [0, 0.1) is 6.92 Å². The molecule has 0 aromatic heterocycles. The van der Waals surface area contributed by atoms with Crippen molar-refractivity contribution in [2.24, 2.45) is 0 Å². The molecule has 2 aromatic rings. The van der Waals surface area contributed by atoms with Gasteiger partial charge in [0.25, 0.3) is 5.91 Å². The minimum absolute atomic E-state index is 0.148. The van der Waals surface area contributed by atoms with Crippen LogP contribution in [0.2, 0.25) is 0 Å². The topological polar surface area (TPSA) is 47.6 Å². The first-order valence-corrected chi connectivity index (χ1v) is 6.98. The van der Waals surface area contributed by atoms with E-state index in [0.717, 1.165) is 17.7 Å². The molecule has 4 nitrogen and oxygen atoms in total. The molecule has 21 heavy (non-hydrogen) atoms. The van der Waals surface area contributed by atoms with Gasteiger partial charge >= 0.3 is 0 Å². The fourth-order valence-corrected chi connectivity index (χ4v) is 2.26. The van der Waals surface area contributed by atoms with Gasteiger partial charge in [0, 0.05) is 11.3 Å². The lowest BCUT2D eigenvalue weighted by Gasteiger charge is -2.10. The van der Waals surface area contributed by atoms with Crippen LogP contribution in [0.1, 0.15) is 28.4 Å². The van der Waals surface area contributed by atoms with Crippen LogP contribution in [0.3, 0.4) is 0 Å². The van der Waals surface area contributed by atoms with Crippen molar-refractivity contribution in [2.75, 3.05) is 12.1 Å². The van der Waals surface area contributed by atoms with Crippen molar-refractivity contribution in [2.45, 2.75) is 20.3 Å². The highest BCUT2D eigenvalue weighted by molar-refractivity contribution is 6.05. The van der Waals surface area contributed by atoms with Crippen molar-refractivity contribution >= 4 is 11.6 Å². The summed E-state index contributed by atoms with van der Waals surface area (Å²) in [6.07, 6.45) is 0.938. The Hall–Kier alpha value is -2.49. The van der Waals surface area contributed by atoms with E-state index in [1.54, 1.807) is 18.2 Å². The zero-order valence-corrected chi connectivity index (χ0v) is 12.1. The number of carbonyl (C=O) groups is 1. The molecule has 4 heteroatoms. The summed E-state index contributed by atoms with van der Waals surface area (Å²) < 4.78 is 10.5. The molecule has 2 aromatic carbocycles. The van der Waals surface area contributed by atoms with Crippen LogP contribution in [-0.4, -0.2) is 12.7 Å². The van der Waals surface area contributed by atoms with E-state index in [-0.39, 0.29) is 12.7 Å². The molecule has 0 fully saturated rings. The number of rotatable bonds is 3.